The Morgan fingerprint density at radius 2 is 0.207 bits per heavy atom. The van der Waals surface area contributed by atoms with Crippen molar-refractivity contribution in [3.8, 4) is 0 Å². The third-order valence-electron chi connectivity index (χ3n) is 12.2. The van der Waals surface area contributed by atoms with E-state index in [2.05, 4.69) is 364 Å². The van der Waals surface area contributed by atoms with E-state index in [1.807, 2.05) is 25.7 Å². The first-order chi connectivity index (χ1) is 43.5. The molecule has 0 nitrogen and oxygen atoms in total. The van der Waals surface area contributed by atoms with Crippen molar-refractivity contribution >= 4 is 95.3 Å². The molecule has 0 saturated carbocycles. The van der Waals surface area contributed by atoms with Crippen molar-refractivity contribution in [2.24, 2.45) is 0 Å². The average Bonchev–Trinajstić information content (AvgIpc) is 2.19. The smallest absolute Gasteiger partial charge is 0.702 e. The molecule has 12 aromatic rings. The first-order valence-corrected chi connectivity index (χ1v) is 34.0. The Morgan fingerprint density at radius 1 is 0.152 bits per heavy atom. The second-order valence-corrected chi connectivity index (χ2v) is 27.2. The van der Waals surface area contributed by atoms with Crippen LogP contribution in [0.25, 0.3) is 0 Å². The van der Waals surface area contributed by atoms with Gasteiger partial charge >= 0.3 is 89.5 Å². The summed E-state index contributed by atoms with van der Waals surface area (Å²) in [5, 5.41) is 16.8. The van der Waals surface area contributed by atoms with Crippen molar-refractivity contribution < 1.29 is 89.5 Å². The maximum Gasteiger partial charge on any atom is 1.00 e. The van der Waals surface area contributed by atoms with Crippen molar-refractivity contribution in [2.45, 2.75) is 27.7 Å². The normalized spacial score (nSPS) is 9.52. The fourth-order valence-corrected chi connectivity index (χ4v) is 17.9. The molecular formula is C84H72Ag4P4. The second kappa shape index (κ2) is 54.6. The van der Waals surface area contributed by atoms with Crippen LogP contribution in [0, 0.1) is 53.4 Å². The molecule has 0 aliphatic heterocycles. The van der Waals surface area contributed by atoms with Gasteiger partial charge < -0.3 is 27.7 Å². The molecule has 472 valence electrons. The van der Waals surface area contributed by atoms with E-state index in [0.29, 0.717) is 0 Å². The van der Waals surface area contributed by atoms with Crippen LogP contribution in [-0.4, -0.2) is 0 Å². The molecule has 0 aliphatic rings. The van der Waals surface area contributed by atoms with E-state index in [0.717, 1.165) is 0 Å². The van der Waals surface area contributed by atoms with Crippen LogP contribution in [0.15, 0.2) is 364 Å². The van der Waals surface area contributed by atoms with Crippen molar-refractivity contribution in [1.29, 1.82) is 0 Å². The Kier molecular flexibility index (Phi) is 50.6. The topological polar surface area (TPSA) is 0 Å². The summed E-state index contributed by atoms with van der Waals surface area (Å²) in [5.74, 6) is 0. The van der Waals surface area contributed by atoms with Crippen LogP contribution in [0.3, 0.4) is 0 Å². The predicted octanol–water partition coefficient (Wildman–Crippen LogP) is 16.5. The van der Waals surface area contributed by atoms with Gasteiger partial charge in [-0.15, -0.1) is 0 Å². The van der Waals surface area contributed by atoms with Gasteiger partial charge in [0, 0.05) is 0 Å². The quantitative estimate of drug-likeness (QED) is 0.0650. The van der Waals surface area contributed by atoms with Crippen LogP contribution in [-0.2, 0) is 89.5 Å². The van der Waals surface area contributed by atoms with Crippen molar-refractivity contribution in [2.75, 3.05) is 0 Å². The summed E-state index contributed by atoms with van der Waals surface area (Å²) >= 11 is 0. The molecule has 0 amide bonds. The van der Waals surface area contributed by atoms with Gasteiger partial charge in [-0.05, 0) is 95.3 Å². The van der Waals surface area contributed by atoms with Crippen LogP contribution in [0.2, 0.25) is 0 Å². The Hall–Kier alpha value is -4.68. The van der Waals surface area contributed by atoms with E-state index in [-0.39, 0.29) is 89.5 Å². The Labute approximate surface area is 623 Å². The number of rotatable bonds is 12. The molecular weight excluding hydrogens is 1560 g/mol. The minimum Gasteiger partial charge on any atom is -0.702 e. The standard InChI is InChI=1S/4C18H15P.4C3H3.4Ag/c4*1-4-10-16(11-5-1)19(17-12-6-2-7-13-17)18-14-8-3-9-15-18;4*1-3-2;;;;/h4*1-15H;4*1H3;;;;/q;;;;4*-1;4*+1. The Balaban J connectivity index is 0.000000571. The van der Waals surface area contributed by atoms with E-state index in [9.17, 15) is 0 Å². The van der Waals surface area contributed by atoms with Crippen LogP contribution in [0.1, 0.15) is 27.7 Å². The maximum absolute atomic E-state index is 5.96. The second-order valence-electron chi connectivity index (χ2n) is 18.4. The van der Waals surface area contributed by atoms with Gasteiger partial charge in [0.15, 0.2) is 0 Å². The molecule has 12 rings (SSSR count). The van der Waals surface area contributed by atoms with Gasteiger partial charge in [0.2, 0.25) is 0 Å². The summed E-state index contributed by atoms with van der Waals surface area (Å²) < 4.78 is 0. The van der Waals surface area contributed by atoms with Crippen LogP contribution >= 0.6 is 31.7 Å². The SMILES string of the molecule is [Ag+].[Ag+].[Ag+].[Ag+].[C-][C]C.[C-][C]C.[C-][C]C.[C-][C]C.c1ccc(P(c2ccccc2)c2ccccc2)cc1.c1ccc(P(c2ccccc2)c2ccccc2)cc1.c1ccc(P(c2ccccc2)c2ccccc2)cc1.c1ccc(P(c2ccccc2)c2ccccc2)cc1. The minimum atomic E-state index is -0.446. The third kappa shape index (κ3) is 31.3. The van der Waals surface area contributed by atoms with E-state index in [4.69, 9.17) is 27.7 Å². The van der Waals surface area contributed by atoms with E-state index in [1.54, 1.807) is 27.7 Å². The molecule has 0 atom stereocenters. The maximum atomic E-state index is 5.96. The molecule has 0 heterocycles. The Morgan fingerprint density at radius 3 is 0.261 bits per heavy atom. The van der Waals surface area contributed by atoms with Gasteiger partial charge in [0.1, 0.15) is 0 Å². The van der Waals surface area contributed by atoms with Crippen molar-refractivity contribution in [3.05, 3.63) is 417 Å². The zero-order chi connectivity index (χ0) is 62.5. The van der Waals surface area contributed by atoms with E-state index in [1.165, 1.54) is 63.7 Å². The molecule has 92 heavy (non-hydrogen) atoms. The summed E-state index contributed by atoms with van der Waals surface area (Å²) in [6.07, 6.45) is 8.00. The van der Waals surface area contributed by atoms with E-state index < -0.39 is 31.7 Å². The zero-order valence-corrected chi connectivity index (χ0v) is 61.1. The number of hydrogen-bond acceptors (Lipinski definition) is 0. The first-order valence-electron chi connectivity index (χ1n) is 28.6. The van der Waals surface area contributed by atoms with Crippen LogP contribution < -0.4 is 63.7 Å². The van der Waals surface area contributed by atoms with Crippen molar-refractivity contribution in [1.82, 2.24) is 0 Å². The van der Waals surface area contributed by atoms with E-state index >= 15 is 0 Å². The summed E-state index contributed by atoms with van der Waals surface area (Å²) in [6, 6.07) is 129. The summed E-state index contributed by atoms with van der Waals surface area (Å²) in [5.41, 5.74) is 0. The molecule has 0 N–H and O–H groups in total. The average molecular weight is 1640 g/mol. The fourth-order valence-electron chi connectivity index (χ4n) is 8.71. The molecule has 0 bridgehead atoms. The van der Waals surface area contributed by atoms with Crippen molar-refractivity contribution in [3.63, 3.8) is 0 Å². The summed E-state index contributed by atoms with van der Waals surface area (Å²) in [6.45, 7) is 30.0. The predicted molar refractivity (Wildman–Crippen MR) is 389 cm³/mol. The van der Waals surface area contributed by atoms with Gasteiger partial charge in [-0.3, -0.25) is 25.7 Å². The molecule has 0 aliphatic carbocycles. The van der Waals surface area contributed by atoms with Gasteiger partial charge in [0.25, 0.3) is 0 Å². The third-order valence-corrected chi connectivity index (χ3v) is 21.9. The van der Waals surface area contributed by atoms with Gasteiger partial charge in [0.05, 0.1) is 0 Å². The van der Waals surface area contributed by atoms with Gasteiger partial charge in [-0.25, -0.2) is 0 Å². The molecule has 0 unspecified atom stereocenters. The molecule has 8 heteroatoms. The minimum absolute atomic E-state index is 0. The van der Waals surface area contributed by atoms with Crippen LogP contribution in [0.5, 0.6) is 0 Å². The Bertz CT molecular complexity index is 2660. The number of benzene rings is 12. The fraction of sp³-hybridized carbons (Fsp3) is 0.0476. The van der Waals surface area contributed by atoms with Crippen LogP contribution in [0.4, 0.5) is 0 Å². The summed E-state index contributed by atoms with van der Waals surface area (Å²) in [4.78, 5) is 0. The number of hydrogen-bond donors (Lipinski definition) is 0. The van der Waals surface area contributed by atoms with Gasteiger partial charge in [-0.2, -0.15) is 0 Å². The molecule has 16 radical (unpaired) electrons. The molecule has 12 aromatic carbocycles. The van der Waals surface area contributed by atoms with Gasteiger partial charge in [-0.1, -0.05) is 392 Å². The summed E-state index contributed by atoms with van der Waals surface area (Å²) in [7, 11) is -1.78. The molecule has 0 saturated heterocycles. The zero-order valence-electron chi connectivity index (χ0n) is 51.6. The molecule has 0 aromatic heterocycles. The largest absolute Gasteiger partial charge is 1.00 e. The molecule has 0 spiro atoms. The monoisotopic (exact) mass is 1630 g/mol. The molecule has 0 fully saturated rings. The first kappa shape index (κ1) is 85.3.